The molecule has 6 nitrogen and oxygen atoms in total. The van der Waals surface area contributed by atoms with Gasteiger partial charge in [-0.25, -0.2) is 4.39 Å². The summed E-state index contributed by atoms with van der Waals surface area (Å²) in [6.07, 6.45) is 2.12. The van der Waals surface area contributed by atoms with Crippen molar-refractivity contribution in [2.24, 2.45) is 5.92 Å². The van der Waals surface area contributed by atoms with Gasteiger partial charge in [0.25, 0.3) is 5.91 Å². The fourth-order valence-electron chi connectivity index (χ4n) is 2.76. The van der Waals surface area contributed by atoms with Crippen molar-refractivity contribution in [1.82, 2.24) is 15.8 Å². The summed E-state index contributed by atoms with van der Waals surface area (Å²) in [6.45, 7) is 0.396. The number of pyridine rings is 1. The van der Waals surface area contributed by atoms with Crippen molar-refractivity contribution in [3.05, 3.63) is 65.7 Å². The fourth-order valence-corrected chi connectivity index (χ4v) is 2.76. The highest BCUT2D eigenvalue weighted by atomic mass is 19.1. The number of halogens is 1. The second-order valence-corrected chi connectivity index (χ2v) is 5.79. The molecular weight excluding hydrogens is 325 g/mol. The summed E-state index contributed by atoms with van der Waals surface area (Å²) in [5.74, 6) is -1.45. The van der Waals surface area contributed by atoms with Gasteiger partial charge in [0.15, 0.2) is 0 Å². The minimum absolute atomic E-state index is 0.215. The largest absolute Gasteiger partial charge is 0.373 e. The van der Waals surface area contributed by atoms with Gasteiger partial charge >= 0.3 is 0 Å². The number of nitrogens with zero attached hydrogens (tertiary/aromatic N) is 1. The van der Waals surface area contributed by atoms with Gasteiger partial charge in [0.1, 0.15) is 11.5 Å². The van der Waals surface area contributed by atoms with Crippen LogP contribution in [0.1, 0.15) is 35.0 Å². The molecule has 3 rings (SSSR count). The minimum atomic E-state index is -0.484. The standard InChI is InChI=1S/C18H18FN3O3/c19-14-5-3-4-12(10-14)16-11-13(7-9-25-16)17(23)21-22-18(24)15-6-1-2-8-20-15/h1-6,8,10,13,16H,7,9,11H2,(H,21,23)(H,22,24)/t13-,16+/m1/s1. The summed E-state index contributed by atoms with van der Waals surface area (Å²) in [5, 5.41) is 0. The molecule has 1 fully saturated rings. The summed E-state index contributed by atoms with van der Waals surface area (Å²) in [6, 6.07) is 11.1. The van der Waals surface area contributed by atoms with Crippen molar-refractivity contribution in [3.63, 3.8) is 0 Å². The predicted molar refractivity (Wildman–Crippen MR) is 87.7 cm³/mol. The van der Waals surface area contributed by atoms with E-state index in [0.717, 1.165) is 0 Å². The first-order valence-electron chi connectivity index (χ1n) is 8.02. The predicted octanol–water partition coefficient (Wildman–Crippen LogP) is 2.15. The minimum Gasteiger partial charge on any atom is -0.373 e. The van der Waals surface area contributed by atoms with Gasteiger partial charge in [0.05, 0.1) is 6.10 Å². The van der Waals surface area contributed by atoms with E-state index >= 15 is 0 Å². The topological polar surface area (TPSA) is 80.3 Å². The van der Waals surface area contributed by atoms with Crippen molar-refractivity contribution in [1.29, 1.82) is 0 Å². The van der Waals surface area contributed by atoms with E-state index in [1.165, 1.54) is 18.3 Å². The molecule has 2 aromatic rings. The summed E-state index contributed by atoms with van der Waals surface area (Å²) < 4.78 is 19.0. The molecule has 0 saturated carbocycles. The average Bonchev–Trinajstić information content (AvgIpc) is 2.66. The maximum atomic E-state index is 13.4. The van der Waals surface area contributed by atoms with Gasteiger partial charge in [-0.3, -0.25) is 25.4 Å². The van der Waals surface area contributed by atoms with Crippen LogP contribution in [-0.2, 0) is 9.53 Å². The van der Waals surface area contributed by atoms with Crippen LogP contribution in [0.5, 0.6) is 0 Å². The van der Waals surface area contributed by atoms with E-state index in [9.17, 15) is 14.0 Å². The Bertz CT molecular complexity index is 754. The Labute approximate surface area is 144 Å². The molecule has 0 aliphatic carbocycles. The van der Waals surface area contributed by atoms with Crippen LogP contribution in [0.25, 0.3) is 0 Å². The number of carbonyl (C=O) groups excluding carboxylic acids is 2. The summed E-state index contributed by atoms with van der Waals surface area (Å²) in [5.41, 5.74) is 5.70. The molecule has 2 atom stereocenters. The van der Waals surface area contributed by atoms with Gasteiger partial charge in [0.2, 0.25) is 5.91 Å². The third-order valence-corrected chi connectivity index (χ3v) is 4.07. The van der Waals surface area contributed by atoms with Crippen LogP contribution in [0.2, 0.25) is 0 Å². The zero-order chi connectivity index (χ0) is 17.6. The maximum Gasteiger partial charge on any atom is 0.288 e. The van der Waals surface area contributed by atoms with Gasteiger partial charge in [0, 0.05) is 18.7 Å². The molecule has 2 heterocycles. The number of aromatic nitrogens is 1. The van der Waals surface area contributed by atoms with E-state index in [-0.39, 0.29) is 29.4 Å². The molecular formula is C18H18FN3O3. The number of ether oxygens (including phenoxy) is 1. The first kappa shape index (κ1) is 17.0. The first-order valence-corrected chi connectivity index (χ1v) is 8.02. The third kappa shape index (κ3) is 4.39. The lowest BCUT2D eigenvalue weighted by Gasteiger charge is -2.29. The number of benzene rings is 1. The number of amides is 2. The molecule has 1 aromatic heterocycles. The number of nitrogens with one attached hydrogen (secondary N) is 2. The Balaban J connectivity index is 1.56. The molecule has 0 radical (unpaired) electrons. The zero-order valence-corrected chi connectivity index (χ0v) is 13.4. The number of carbonyl (C=O) groups is 2. The Morgan fingerprint density at radius 1 is 1.16 bits per heavy atom. The van der Waals surface area contributed by atoms with Crippen molar-refractivity contribution < 1.29 is 18.7 Å². The van der Waals surface area contributed by atoms with Gasteiger partial charge in [-0.2, -0.15) is 0 Å². The molecule has 25 heavy (non-hydrogen) atoms. The van der Waals surface area contributed by atoms with Crippen LogP contribution in [0.15, 0.2) is 48.7 Å². The molecule has 1 aliphatic heterocycles. The number of hydrogen-bond donors (Lipinski definition) is 2. The van der Waals surface area contributed by atoms with Crippen molar-refractivity contribution in [2.45, 2.75) is 18.9 Å². The lowest BCUT2D eigenvalue weighted by molar-refractivity contribution is -0.131. The van der Waals surface area contributed by atoms with Gasteiger partial charge in [-0.15, -0.1) is 0 Å². The Hall–Kier alpha value is -2.80. The van der Waals surface area contributed by atoms with Crippen LogP contribution >= 0.6 is 0 Å². The van der Waals surface area contributed by atoms with E-state index in [0.29, 0.717) is 25.0 Å². The summed E-state index contributed by atoms with van der Waals surface area (Å²) in [7, 11) is 0. The normalized spacial score (nSPS) is 19.9. The molecule has 0 spiro atoms. The Kier molecular flexibility index (Phi) is 5.35. The van der Waals surface area contributed by atoms with Crippen LogP contribution in [0.3, 0.4) is 0 Å². The van der Waals surface area contributed by atoms with E-state index in [2.05, 4.69) is 15.8 Å². The second kappa shape index (κ2) is 7.85. The van der Waals surface area contributed by atoms with Crippen LogP contribution in [-0.4, -0.2) is 23.4 Å². The van der Waals surface area contributed by atoms with Crippen molar-refractivity contribution in [3.8, 4) is 0 Å². The number of hydrazine groups is 1. The number of hydrogen-bond acceptors (Lipinski definition) is 4. The SMILES string of the molecule is O=C(NNC(=O)[C@@H]1CCO[C@H](c2cccc(F)c2)C1)c1ccccn1. The molecule has 2 amide bonds. The smallest absolute Gasteiger partial charge is 0.288 e. The van der Waals surface area contributed by atoms with Crippen molar-refractivity contribution in [2.75, 3.05) is 6.61 Å². The van der Waals surface area contributed by atoms with Crippen LogP contribution in [0, 0.1) is 11.7 Å². The van der Waals surface area contributed by atoms with Crippen LogP contribution < -0.4 is 10.9 Å². The third-order valence-electron chi connectivity index (χ3n) is 4.07. The van der Waals surface area contributed by atoms with E-state index in [4.69, 9.17) is 4.74 Å². The fraction of sp³-hybridized carbons (Fsp3) is 0.278. The van der Waals surface area contributed by atoms with Gasteiger partial charge < -0.3 is 4.74 Å². The van der Waals surface area contributed by atoms with Crippen molar-refractivity contribution >= 4 is 11.8 Å². The molecule has 130 valence electrons. The second-order valence-electron chi connectivity index (χ2n) is 5.79. The summed E-state index contributed by atoms with van der Waals surface area (Å²) >= 11 is 0. The quantitative estimate of drug-likeness (QED) is 0.837. The average molecular weight is 343 g/mol. The highest BCUT2D eigenvalue weighted by Gasteiger charge is 2.29. The highest BCUT2D eigenvalue weighted by Crippen LogP contribution is 2.31. The van der Waals surface area contributed by atoms with E-state index < -0.39 is 5.91 Å². The molecule has 0 bridgehead atoms. The highest BCUT2D eigenvalue weighted by molar-refractivity contribution is 5.93. The first-order chi connectivity index (χ1) is 12.1. The molecule has 1 aliphatic rings. The molecule has 0 unspecified atom stereocenters. The van der Waals surface area contributed by atoms with Gasteiger partial charge in [-0.05, 0) is 42.7 Å². The maximum absolute atomic E-state index is 13.4. The lowest BCUT2D eigenvalue weighted by atomic mass is 9.91. The lowest BCUT2D eigenvalue weighted by Crippen LogP contribution is -2.46. The molecule has 1 aromatic carbocycles. The molecule has 7 heteroatoms. The zero-order valence-electron chi connectivity index (χ0n) is 13.4. The van der Waals surface area contributed by atoms with E-state index in [1.54, 1.807) is 30.3 Å². The molecule has 2 N–H and O–H groups in total. The van der Waals surface area contributed by atoms with Crippen LogP contribution in [0.4, 0.5) is 4.39 Å². The molecule has 1 saturated heterocycles. The van der Waals surface area contributed by atoms with E-state index in [1.807, 2.05) is 0 Å². The number of rotatable bonds is 3. The Morgan fingerprint density at radius 3 is 2.80 bits per heavy atom. The summed E-state index contributed by atoms with van der Waals surface area (Å²) in [4.78, 5) is 28.1. The monoisotopic (exact) mass is 343 g/mol. The van der Waals surface area contributed by atoms with Gasteiger partial charge in [-0.1, -0.05) is 18.2 Å². The Morgan fingerprint density at radius 2 is 2.04 bits per heavy atom.